The molecule has 0 fully saturated rings. The first-order valence-electron chi connectivity index (χ1n) is 19.6. The zero-order chi connectivity index (χ0) is 32.2. The van der Waals surface area contributed by atoms with E-state index in [9.17, 15) is 14.7 Å². The number of aliphatic hydroxyl groups is 1. The molecule has 0 aliphatic carbocycles. The number of carbonyl (C=O) groups excluding carboxylic acids is 2. The zero-order valence-electron chi connectivity index (χ0n) is 29.7. The fourth-order valence-corrected chi connectivity index (χ4v) is 5.85. The van der Waals surface area contributed by atoms with Gasteiger partial charge in [0.15, 0.2) is 0 Å². The molecule has 5 heteroatoms. The molecule has 0 unspecified atom stereocenters. The third-order valence-electron chi connectivity index (χ3n) is 8.84. The molecule has 0 aliphatic rings. The minimum absolute atomic E-state index is 0.107. The molecule has 0 aromatic heterocycles. The van der Waals surface area contributed by atoms with Crippen LogP contribution in [-0.2, 0) is 19.1 Å². The molecule has 44 heavy (non-hydrogen) atoms. The maximum absolute atomic E-state index is 12.0. The van der Waals surface area contributed by atoms with Crippen LogP contribution in [0.3, 0.4) is 0 Å². The van der Waals surface area contributed by atoms with Crippen molar-refractivity contribution in [3.05, 3.63) is 0 Å². The molecule has 0 bridgehead atoms. The van der Waals surface area contributed by atoms with Crippen molar-refractivity contribution in [2.45, 2.75) is 225 Å². The van der Waals surface area contributed by atoms with E-state index in [2.05, 4.69) is 13.8 Å². The molecule has 0 aliphatic heterocycles. The number of carbonyl (C=O) groups is 2. The van der Waals surface area contributed by atoms with Crippen LogP contribution in [0.25, 0.3) is 0 Å². The molecule has 0 aromatic rings. The van der Waals surface area contributed by atoms with E-state index in [0.29, 0.717) is 12.8 Å². The monoisotopic (exact) mass is 625 g/mol. The van der Waals surface area contributed by atoms with Gasteiger partial charge in [0.05, 0.1) is 0 Å². The molecule has 0 amide bonds. The average molecular weight is 625 g/mol. The smallest absolute Gasteiger partial charge is 0.305 e. The summed E-state index contributed by atoms with van der Waals surface area (Å²) in [6.45, 7) is 4.32. The molecule has 0 radical (unpaired) electrons. The molecular weight excluding hydrogens is 548 g/mol. The second kappa shape index (κ2) is 36.4. The maximum atomic E-state index is 12.0. The minimum atomic E-state index is -0.953. The summed E-state index contributed by atoms with van der Waals surface area (Å²) in [5.74, 6) is -0.552. The molecule has 0 heterocycles. The van der Waals surface area contributed by atoms with Crippen molar-refractivity contribution in [1.29, 1.82) is 0 Å². The molecule has 0 saturated heterocycles. The normalized spacial score (nSPS) is 12.0. The Morgan fingerprint density at radius 1 is 0.386 bits per heavy atom. The lowest BCUT2D eigenvalue weighted by molar-refractivity contribution is -0.152. The van der Waals surface area contributed by atoms with Crippen molar-refractivity contribution >= 4 is 11.9 Å². The Hall–Kier alpha value is -1.10. The number of aliphatic hydroxyl groups excluding tert-OH is 1. The van der Waals surface area contributed by atoms with Gasteiger partial charge in [-0.1, -0.05) is 194 Å². The van der Waals surface area contributed by atoms with E-state index in [0.717, 1.165) is 25.7 Å². The number of rotatable bonds is 36. The third-order valence-corrected chi connectivity index (χ3v) is 8.84. The molecular formula is C39H76O5. The quantitative estimate of drug-likeness (QED) is 0.0554. The summed E-state index contributed by atoms with van der Waals surface area (Å²) in [7, 11) is 0. The van der Waals surface area contributed by atoms with E-state index in [1.165, 1.54) is 167 Å². The van der Waals surface area contributed by atoms with Gasteiger partial charge >= 0.3 is 11.9 Å². The highest BCUT2D eigenvalue weighted by Gasteiger charge is 2.12. The number of ether oxygens (including phenoxy) is 2. The Balaban J connectivity index is 3.35. The molecule has 1 atom stereocenters. The zero-order valence-corrected chi connectivity index (χ0v) is 29.7. The highest BCUT2D eigenvalue weighted by Crippen LogP contribution is 2.15. The van der Waals surface area contributed by atoms with Crippen LogP contribution in [0.5, 0.6) is 0 Å². The van der Waals surface area contributed by atoms with Gasteiger partial charge in [-0.3, -0.25) is 9.59 Å². The van der Waals surface area contributed by atoms with Crippen molar-refractivity contribution < 1.29 is 24.2 Å². The van der Waals surface area contributed by atoms with Crippen LogP contribution in [0.15, 0.2) is 0 Å². The van der Waals surface area contributed by atoms with Crippen LogP contribution < -0.4 is 0 Å². The van der Waals surface area contributed by atoms with Crippen LogP contribution in [0, 0.1) is 0 Å². The highest BCUT2D eigenvalue weighted by atomic mass is 16.6. The molecule has 1 N–H and O–H groups in total. The first-order valence-corrected chi connectivity index (χ1v) is 19.6. The van der Waals surface area contributed by atoms with Gasteiger partial charge in [0.25, 0.3) is 0 Å². The fraction of sp³-hybridized carbons (Fsp3) is 0.949. The number of esters is 2. The van der Waals surface area contributed by atoms with Gasteiger partial charge < -0.3 is 14.6 Å². The predicted molar refractivity (Wildman–Crippen MR) is 187 cm³/mol. The van der Waals surface area contributed by atoms with Crippen molar-refractivity contribution in [2.75, 3.05) is 13.2 Å². The van der Waals surface area contributed by atoms with Gasteiger partial charge in [-0.2, -0.15) is 0 Å². The molecule has 0 aromatic carbocycles. The SMILES string of the molecule is CCCCCCCCCCCCCCCCCCCCCC(=O)OC[C@H](O)COC(=O)CCCCCCCCCCCCC. The average Bonchev–Trinajstić information content (AvgIpc) is 3.02. The van der Waals surface area contributed by atoms with E-state index in [-0.39, 0.29) is 25.2 Å². The maximum Gasteiger partial charge on any atom is 0.305 e. The second-order valence-corrected chi connectivity index (χ2v) is 13.4. The molecule has 0 spiro atoms. The lowest BCUT2D eigenvalue weighted by Gasteiger charge is -2.12. The third kappa shape index (κ3) is 35.4. The summed E-state index contributed by atoms with van der Waals surface area (Å²) < 4.78 is 10.3. The Bertz CT molecular complexity index is 593. The van der Waals surface area contributed by atoms with Gasteiger partial charge in [0, 0.05) is 12.8 Å². The summed E-state index contributed by atoms with van der Waals surface area (Å²) in [6, 6.07) is 0. The summed E-state index contributed by atoms with van der Waals surface area (Å²) in [5, 5.41) is 9.99. The molecule has 5 nitrogen and oxygen atoms in total. The molecule has 0 saturated carbocycles. The largest absolute Gasteiger partial charge is 0.463 e. The van der Waals surface area contributed by atoms with Gasteiger partial charge in [0.2, 0.25) is 0 Å². The first-order chi connectivity index (χ1) is 21.6. The second-order valence-electron chi connectivity index (χ2n) is 13.4. The number of unbranched alkanes of at least 4 members (excludes halogenated alkanes) is 28. The Labute approximate surface area is 274 Å². The summed E-state index contributed by atoms with van der Waals surface area (Å²) in [5.41, 5.74) is 0. The van der Waals surface area contributed by atoms with Crippen LogP contribution in [-0.4, -0.2) is 36.4 Å². The van der Waals surface area contributed by atoms with E-state index in [4.69, 9.17) is 9.47 Å². The van der Waals surface area contributed by atoms with Gasteiger partial charge in [-0.25, -0.2) is 0 Å². The predicted octanol–water partition coefficient (Wildman–Crippen LogP) is 12.0. The Morgan fingerprint density at radius 3 is 0.818 bits per heavy atom. The fourth-order valence-electron chi connectivity index (χ4n) is 5.85. The van der Waals surface area contributed by atoms with Gasteiger partial charge in [-0.15, -0.1) is 0 Å². The van der Waals surface area contributed by atoms with Crippen LogP contribution >= 0.6 is 0 Å². The van der Waals surface area contributed by atoms with E-state index in [1.54, 1.807) is 0 Å². The first kappa shape index (κ1) is 42.9. The number of hydrogen-bond donors (Lipinski definition) is 1. The summed E-state index contributed by atoms with van der Waals surface area (Å²) >= 11 is 0. The van der Waals surface area contributed by atoms with E-state index in [1.807, 2.05) is 0 Å². The molecule has 262 valence electrons. The standard InChI is InChI=1S/C39H76O5/c1-3-5-7-9-11-13-15-16-17-18-19-20-21-22-24-26-28-30-32-34-39(42)44-36-37(40)35-43-38(41)33-31-29-27-25-23-14-12-10-8-6-4-2/h37,40H,3-36H2,1-2H3/t37-/m1/s1. The Kier molecular flexibility index (Phi) is 35.5. The summed E-state index contributed by atoms with van der Waals surface area (Å²) in [6.07, 6.45) is 38.7. The highest BCUT2D eigenvalue weighted by molar-refractivity contribution is 5.69. The van der Waals surface area contributed by atoms with E-state index >= 15 is 0 Å². The van der Waals surface area contributed by atoms with E-state index < -0.39 is 6.10 Å². The minimum Gasteiger partial charge on any atom is -0.463 e. The topological polar surface area (TPSA) is 72.8 Å². The van der Waals surface area contributed by atoms with Gasteiger partial charge in [-0.05, 0) is 12.8 Å². The van der Waals surface area contributed by atoms with Crippen LogP contribution in [0.1, 0.15) is 219 Å². The summed E-state index contributed by atoms with van der Waals surface area (Å²) in [4.78, 5) is 23.9. The van der Waals surface area contributed by atoms with Crippen molar-refractivity contribution in [3.63, 3.8) is 0 Å². The van der Waals surface area contributed by atoms with Crippen LogP contribution in [0.2, 0.25) is 0 Å². The van der Waals surface area contributed by atoms with Crippen molar-refractivity contribution in [3.8, 4) is 0 Å². The van der Waals surface area contributed by atoms with Crippen LogP contribution in [0.4, 0.5) is 0 Å². The lowest BCUT2D eigenvalue weighted by Crippen LogP contribution is -2.25. The van der Waals surface area contributed by atoms with Crippen molar-refractivity contribution in [2.24, 2.45) is 0 Å². The lowest BCUT2D eigenvalue weighted by atomic mass is 10.0. The van der Waals surface area contributed by atoms with Crippen molar-refractivity contribution in [1.82, 2.24) is 0 Å². The molecule has 0 rings (SSSR count). The Morgan fingerprint density at radius 2 is 0.591 bits per heavy atom. The van der Waals surface area contributed by atoms with Gasteiger partial charge in [0.1, 0.15) is 19.3 Å². The number of hydrogen-bond acceptors (Lipinski definition) is 5.